The van der Waals surface area contributed by atoms with Gasteiger partial charge in [-0.05, 0) is 29.9 Å². The number of rotatable bonds is 6. The van der Waals surface area contributed by atoms with Gasteiger partial charge in [0.15, 0.2) is 0 Å². The Kier molecular flexibility index (Phi) is 5.34. The lowest BCUT2D eigenvalue weighted by Gasteiger charge is -2.13. The van der Waals surface area contributed by atoms with Gasteiger partial charge in [-0.3, -0.25) is 4.79 Å². The van der Waals surface area contributed by atoms with Crippen LogP contribution in [0.1, 0.15) is 16.8 Å². The normalized spacial score (nSPS) is 12.1. The molecule has 0 saturated carbocycles. The summed E-state index contributed by atoms with van der Waals surface area (Å²) in [5.41, 5.74) is 0.514. The van der Waals surface area contributed by atoms with Crippen molar-refractivity contribution in [2.45, 2.75) is 12.5 Å². The van der Waals surface area contributed by atoms with Gasteiger partial charge in [0.25, 0.3) is 5.91 Å². The van der Waals surface area contributed by atoms with Crippen LogP contribution in [0.3, 0.4) is 0 Å². The number of amides is 1. The maximum absolute atomic E-state index is 11.6. The van der Waals surface area contributed by atoms with E-state index in [4.69, 9.17) is 5.11 Å². The third-order valence-corrected chi connectivity index (χ3v) is 3.32. The summed E-state index contributed by atoms with van der Waals surface area (Å²) in [5, 5.41) is 14.9. The molecule has 0 aromatic carbocycles. The van der Waals surface area contributed by atoms with Crippen LogP contribution < -0.4 is 5.32 Å². The molecular formula is C10H13NO3S2. The number of aliphatic carboxylic acids is 1. The van der Waals surface area contributed by atoms with E-state index in [1.807, 2.05) is 6.26 Å². The van der Waals surface area contributed by atoms with Gasteiger partial charge >= 0.3 is 5.97 Å². The highest BCUT2D eigenvalue weighted by atomic mass is 32.2. The molecule has 1 heterocycles. The van der Waals surface area contributed by atoms with Crippen LogP contribution in [0.4, 0.5) is 0 Å². The molecule has 1 rings (SSSR count). The summed E-state index contributed by atoms with van der Waals surface area (Å²) in [5.74, 6) is -0.603. The average molecular weight is 259 g/mol. The summed E-state index contributed by atoms with van der Waals surface area (Å²) in [6, 6.07) is 0.868. The Morgan fingerprint density at radius 3 is 2.88 bits per heavy atom. The fraction of sp³-hybridized carbons (Fsp3) is 0.400. The van der Waals surface area contributed by atoms with Gasteiger partial charge in [0.05, 0.1) is 5.56 Å². The predicted molar refractivity (Wildman–Crippen MR) is 66.2 cm³/mol. The molecule has 0 bridgehead atoms. The highest BCUT2D eigenvalue weighted by Gasteiger charge is 2.20. The van der Waals surface area contributed by atoms with Gasteiger partial charge in [-0.2, -0.15) is 23.1 Å². The van der Waals surface area contributed by atoms with Crippen molar-refractivity contribution in [1.82, 2.24) is 5.32 Å². The third kappa shape index (κ3) is 3.86. The second-order valence-corrected chi connectivity index (χ2v) is 4.92. The third-order valence-electron chi connectivity index (χ3n) is 2.00. The van der Waals surface area contributed by atoms with Crippen LogP contribution in [0, 0.1) is 0 Å². The van der Waals surface area contributed by atoms with Crippen LogP contribution in [-0.2, 0) is 4.79 Å². The number of thiophene rings is 1. The second-order valence-electron chi connectivity index (χ2n) is 3.16. The van der Waals surface area contributed by atoms with Crippen molar-refractivity contribution >= 4 is 35.0 Å². The number of hydrogen-bond donors (Lipinski definition) is 2. The van der Waals surface area contributed by atoms with E-state index in [1.165, 1.54) is 11.3 Å². The number of carboxylic acid groups (broad SMARTS) is 1. The smallest absolute Gasteiger partial charge is 0.326 e. The summed E-state index contributed by atoms with van der Waals surface area (Å²) in [6.45, 7) is 0. The van der Waals surface area contributed by atoms with E-state index in [2.05, 4.69) is 5.32 Å². The minimum atomic E-state index is -0.988. The predicted octanol–water partition coefficient (Wildman–Crippen LogP) is 1.68. The molecule has 16 heavy (non-hydrogen) atoms. The summed E-state index contributed by atoms with van der Waals surface area (Å²) in [6.07, 6.45) is 2.34. The van der Waals surface area contributed by atoms with Crippen LogP contribution in [0.5, 0.6) is 0 Å². The maximum atomic E-state index is 11.6. The van der Waals surface area contributed by atoms with Crippen LogP contribution in [0.2, 0.25) is 0 Å². The van der Waals surface area contributed by atoms with Gasteiger partial charge in [0.1, 0.15) is 6.04 Å². The molecule has 0 aliphatic heterocycles. The van der Waals surface area contributed by atoms with Crippen LogP contribution in [0.25, 0.3) is 0 Å². The number of carbonyl (C=O) groups excluding carboxylic acids is 1. The minimum absolute atomic E-state index is 0.324. The van der Waals surface area contributed by atoms with Crippen molar-refractivity contribution in [2.75, 3.05) is 12.0 Å². The van der Waals surface area contributed by atoms with E-state index in [9.17, 15) is 9.59 Å². The molecule has 1 unspecified atom stereocenters. The molecular weight excluding hydrogens is 246 g/mol. The maximum Gasteiger partial charge on any atom is 0.326 e. The van der Waals surface area contributed by atoms with Gasteiger partial charge in [-0.25, -0.2) is 4.79 Å². The van der Waals surface area contributed by atoms with E-state index in [0.717, 1.165) is 0 Å². The first-order valence-corrected chi connectivity index (χ1v) is 7.03. The molecule has 0 aliphatic carbocycles. The Morgan fingerprint density at radius 2 is 2.38 bits per heavy atom. The van der Waals surface area contributed by atoms with Crippen molar-refractivity contribution in [1.29, 1.82) is 0 Å². The lowest BCUT2D eigenvalue weighted by Crippen LogP contribution is -2.41. The van der Waals surface area contributed by atoms with Crippen LogP contribution in [0.15, 0.2) is 16.8 Å². The Bertz CT molecular complexity index is 351. The Labute approximate surface area is 102 Å². The fourth-order valence-electron chi connectivity index (χ4n) is 1.13. The molecule has 0 aliphatic rings. The van der Waals surface area contributed by atoms with Crippen molar-refractivity contribution < 1.29 is 14.7 Å². The minimum Gasteiger partial charge on any atom is -0.480 e. The van der Waals surface area contributed by atoms with Crippen molar-refractivity contribution in [3.8, 4) is 0 Å². The highest BCUT2D eigenvalue weighted by molar-refractivity contribution is 7.98. The largest absolute Gasteiger partial charge is 0.480 e. The van der Waals surface area contributed by atoms with Gasteiger partial charge in [-0.1, -0.05) is 0 Å². The van der Waals surface area contributed by atoms with E-state index in [0.29, 0.717) is 17.7 Å². The second kappa shape index (κ2) is 6.55. The van der Waals surface area contributed by atoms with Gasteiger partial charge in [-0.15, -0.1) is 0 Å². The molecule has 2 N–H and O–H groups in total. The molecule has 0 spiro atoms. The molecule has 1 aromatic heterocycles. The number of thioether (sulfide) groups is 1. The molecule has 0 saturated heterocycles. The van der Waals surface area contributed by atoms with Gasteiger partial charge in [0.2, 0.25) is 0 Å². The fourth-order valence-corrected chi connectivity index (χ4v) is 2.24. The van der Waals surface area contributed by atoms with E-state index in [1.54, 1.807) is 28.6 Å². The zero-order valence-corrected chi connectivity index (χ0v) is 10.4. The summed E-state index contributed by atoms with van der Waals surface area (Å²) < 4.78 is 0. The molecule has 4 nitrogen and oxygen atoms in total. The number of hydrogen-bond acceptors (Lipinski definition) is 4. The van der Waals surface area contributed by atoms with Crippen molar-refractivity contribution in [3.05, 3.63) is 22.4 Å². The summed E-state index contributed by atoms with van der Waals surface area (Å²) >= 11 is 2.97. The van der Waals surface area contributed by atoms with Crippen molar-refractivity contribution in [3.63, 3.8) is 0 Å². The first-order chi connectivity index (χ1) is 7.65. The summed E-state index contributed by atoms with van der Waals surface area (Å²) in [7, 11) is 0. The highest BCUT2D eigenvalue weighted by Crippen LogP contribution is 2.07. The molecule has 0 radical (unpaired) electrons. The zero-order valence-electron chi connectivity index (χ0n) is 8.80. The topological polar surface area (TPSA) is 66.4 Å². The summed E-state index contributed by atoms with van der Waals surface area (Å²) in [4.78, 5) is 22.5. The van der Waals surface area contributed by atoms with E-state index >= 15 is 0 Å². The van der Waals surface area contributed by atoms with Gasteiger partial charge in [0, 0.05) is 5.38 Å². The molecule has 88 valence electrons. The van der Waals surface area contributed by atoms with Crippen LogP contribution >= 0.6 is 23.1 Å². The van der Waals surface area contributed by atoms with Crippen molar-refractivity contribution in [2.24, 2.45) is 0 Å². The lowest BCUT2D eigenvalue weighted by atomic mass is 10.2. The first-order valence-electron chi connectivity index (χ1n) is 4.70. The molecule has 6 heteroatoms. The van der Waals surface area contributed by atoms with E-state index < -0.39 is 12.0 Å². The molecule has 1 amide bonds. The zero-order chi connectivity index (χ0) is 12.0. The number of nitrogens with one attached hydrogen (secondary N) is 1. The Balaban J connectivity index is 2.54. The first kappa shape index (κ1) is 13.1. The Hall–Kier alpha value is -1.01. The molecule has 1 atom stereocenters. The quantitative estimate of drug-likeness (QED) is 0.816. The monoisotopic (exact) mass is 259 g/mol. The van der Waals surface area contributed by atoms with Crippen LogP contribution in [-0.4, -0.2) is 35.0 Å². The van der Waals surface area contributed by atoms with Gasteiger partial charge < -0.3 is 10.4 Å². The SMILES string of the molecule is CSCCC(NC(=O)c1ccsc1)C(=O)O. The van der Waals surface area contributed by atoms with E-state index in [-0.39, 0.29) is 5.91 Å². The molecule has 1 aromatic rings. The molecule has 0 fully saturated rings. The number of carbonyl (C=O) groups is 2. The lowest BCUT2D eigenvalue weighted by molar-refractivity contribution is -0.139. The standard InChI is InChI=1S/C10H13NO3S2/c1-15-4-3-8(10(13)14)11-9(12)7-2-5-16-6-7/h2,5-6,8H,3-4H2,1H3,(H,11,12)(H,13,14). The average Bonchev–Trinajstić information content (AvgIpc) is 2.76. The number of carboxylic acids is 1. The Morgan fingerprint density at radius 1 is 1.62 bits per heavy atom.